The molecule has 1 aliphatic carbocycles. The summed E-state index contributed by atoms with van der Waals surface area (Å²) >= 11 is 0. The van der Waals surface area contributed by atoms with Crippen molar-refractivity contribution in [1.82, 2.24) is 4.98 Å². The van der Waals surface area contributed by atoms with Crippen LogP contribution in [0.25, 0.3) is 0 Å². The summed E-state index contributed by atoms with van der Waals surface area (Å²) in [5.41, 5.74) is 6.82. The van der Waals surface area contributed by atoms with Crippen molar-refractivity contribution in [2.45, 2.75) is 44.6 Å². The molecule has 3 nitrogen and oxygen atoms in total. The minimum atomic E-state index is 0.704. The Hall–Kier alpha value is -1.09. The molecule has 2 aliphatic rings. The fraction of sp³-hybridized carbons (Fsp3) is 0.667. The van der Waals surface area contributed by atoms with Gasteiger partial charge in [0.25, 0.3) is 0 Å². The summed E-state index contributed by atoms with van der Waals surface area (Å²) in [5, 5.41) is 0. The Morgan fingerprint density at radius 2 is 2.11 bits per heavy atom. The summed E-state index contributed by atoms with van der Waals surface area (Å²) in [7, 11) is 0. The molecule has 2 heterocycles. The zero-order valence-electron chi connectivity index (χ0n) is 11.0. The van der Waals surface area contributed by atoms with Crippen LogP contribution >= 0.6 is 0 Å². The first-order valence-corrected chi connectivity index (χ1v) is 7.30. The zero-order chi connectivity index (χ0) is 12.4. The predicted molar refractivity (Wildman–Crippen MR) is 74.7 cm³/mol. The highest BCUT2D eigenvalue weighted by atomic mass is 15.2. The molecule has 1 aliphatic heterocycles. The topological polar surface area (TPSA) is 42.1 Å². The number of hydrogen-bond donors (Lipinski definition) is 1. The van der Waals surface area contributed by atoms with E-state index < -0.39 is 0 Å². The molecule has 3 heteroatoms. The number of rotatable bonds is 3. The third-order valence-electron chi connectivity index (χ3n) is 4.53. The van der Waals surface area contributed by atoms with Crippen LogP contribution in [0.5, 0.6) is 0 Å². The summed E-state index contributed by atoms with van der Waals surface area (Å²) in [6, 6.07) is 5.13. The summed E-state index contributed by atoms with van der Waals surface area (Å²) in [6.07, 6.45) is 9.86. The van der Waals surface area contributed by atoms with Gasteiger partial charge in [-0.2, -0.15) is 0 Å². The van der Waals surface area contributed by atoms with E-state index in [-0.39, 0.29) is 0 Å². The molecule has 0 bridgehead atoms. The Labute approximate surface area is 109 Å². The molecule has 0 radical (unpaired) electrons. The first-order chi connectivity index (χ1) is 8.88. The lowest BCUT2D eigenvalue weighted by Crippen LogP contribution is -2.43. The third-order valence-corrected chi connectivity index (χ3v) is 4.53. The molecule has 1 aromatic rings. The molecule has 0 aromatic carbocycles. The second-order valence-electron chi connectivity index (χ2n) is 5.66. The van der Waals surface area contributed by atoms with Gasteiger partial charge in [0.05, 0.1) is 0 Å². The van der Waals surface area contributed by atoms with Crippen LogP contribution < -0.4 is 10.6 Å². The van der Waals surface area contributed by atoms with Crippen LogP contribution in [0.2, 0.25) is 0 Å². The lowest BCUT2D eigenvalue weighted by Gasteiger charge is -2.38. The Bertz CT molecular complexity index is 387. The molecule has 1 aromatic heterocycles. The highest BCUT2D eigenvalue weighted by Gasteiger charge is 2.35. The number of piperidine rings is 1. The molecular weight excluding hydrogens is 222 g/mol. The maximum atomic E-state index is 5.57. The Morgan fingerprint density at radius 1 is 1.22 bits per heavy atom. The maximum absolute atomic E-state index is 5.57. The number of hydrogen-bond acceptors (Lipinski definition) is 3. The predicted octanol–water partition coefficient (Wildman–Crippen LogP) is 2.35. The summed E-state index contributed by atoms with van der Waals surface area (Å²) < 4.78 is 0. The van der Waals surface area contributed by atoms with Crippen LogP contribution in [0.4, 0.5) is 5.82 Å². The number of nitrogens with zero attached hydrogens (tertiary/aromatic N) is 2. The van der Waals surface area contributed by atoms with Crippen LogP contribution in [0.1, 0.15) is 37.7 Å². The van der Waals surface area contributed by atoms with Gasteiger partial charge >= 0.3 is 0 Å². The average molecular weight is 245 g/mol. The Kier molecular flexibility index (Phi) is 3.50. The van der Waals surface area contributed by atoms with Gasteiger partial charge < -0.3 is 10.6 Å². The third kappa shape index (κ3) is 2.24. The highest BCUT2D eigenvalue weighted by molar-refractivity contribution is 5.42. The lowest BCUT2D eigenvalue weighted by atomic mass is 9.92. The lowest BCUT2D eigenvalue weighted by molar-refractivity contribution is 0.360. The van der Waals surface area contributed by atoms with E-state index in [0.29, 0.717) is 6.54 Å². The fourth-order valence-corrected chi connectivity index (χ4v) is 3.64. The second-order valence-corrected chi connectivity index (χ2v) is 5.66. The summed E-state index contributed by atoms with van der Waals surface area (Å²) in [4.78, 5) is 7.20. The minimum Gasteiger partial charge on any atom is -0.353 e. The molecule has 3 rings (SSSR count). The van der Waals surface area contributed by atoms with E-state index in [2.05, 4.69) is 22.0 Å². The maximum Gasteiger partial charge on any atom is 0.128 e. The van der Waals surface area contributed by atoms with E-state index in [1.165, 1.54) is 50.0 Å². The number of fused-ring (bicyclic) bond motifs is 1. The van der Waals surface area contributed by atoms with Gasteiger partial charge in [0.1, 0.15) is 5.82 Å². The molecule has 2 fully saturated rings. The molecule has 2 unspecified atom stereocenters. The molecule has 0 spiro atoms. The Morgan fingerprint density at radius 3 is 2.89 bits per heavy atom. The first kappa shape index (κ1) is 12.0. The largest absolute Gasteiger partial charge is 0.353 e. The molecule has 1 saturated heterocycles. The number of nitrogens with two attached hydrogens (primary N) is 1. The van der Waals surface area contributed by atoms with Crippen molar-refractivity contribution >= 4 is 5.82 Å². The van der Waals surface area contributed by atoms with Crippen molar-refractivity contribution in [2.75, 3.05) is 18.0 Å². The monoisotopic (exact) mass is 245 g/mol. The van der Waals surface area contributed by atoms with Crippen LogP contribution in [-0.4, -0.2) is 24.1 Å². The standard InChI is InChI=1S/C15H23N3/c16-9-8-12-6-7-15(17-11-12)18-10-2-4-13-3-1-5-14(13)18/h6-7,11,13-14H,1-5,8-10,16H2. The second kappa shape index (κ2) is 5.27. The number of anilines is 1. The molecule has 0 amide bonds. The van der Waals surface area contributed by atoms with E-state index in [0.717, 1.165) is 18.4 Å². The molecule has 2 atom stereocenters. The van der Waals surface area contributed by atoms with Gasteiger partial charge in [-0.15, -0.1) is 0 Å². The van der Waals surface area contributed by atoms with Gasteiger partial charge in [-0.1, -0.05) is 12.5 Å². The van der Waals surface area contributed by atoms with Gasteiger partial charge in [0.2, 0.25) is 0 Å². The van der Waals surface area contributed by atoms with E-state index in [9.17, 15) is 0 Å². The first-order valence-electron chi connectivity index (χ1n) is 7.30. The molecular formula is C15H23N3. The van der Waals surface area contributed by atoms with Gasteiger partial charge in [-0.05, 0) is 56.2 Å². The van der Waals surface area contributed by atoms with E-state index in [1.807, 2.05) is 6.20 Å². The minimum absolute atomic E-state index is 0.704. The van der Waals surface area contributed by atoms with Gasteiger partial charge in [0, 0.05) is 18.8 Å². The van der Waals surface area contributed by atoms with Crippen molar-refractivity contribution in [3.8, 4) is 0 Å². The van der Waals surface area contributed by atoms with E-state index in [4.69, 9.17) is 5.73 Å². The van der Waals surface area contributed by atoms with Crippen molar-refractivity contribution in [3.05, 3.63) is 23.9 Å². The molecule has 1 saturated carbocycles. The van der Waals surface area contributed by atoms with Gasteiger partial charge in [-0.25, -0.2) is 4.98 Å². The number of aromatic nitrogens is 1. The summed E-state index contributed by atoms with van der Waals surface area (Å²) in [5.74, 6) is 2.09. The van der Waals surface area contributed by atoms with Crippen molar-refractivity contribution in [3.63, 3.8) is 0 Å². The summed E-state index contributed by atoms with van der Waals surface area (Å²) in [6.45, 7) is 1.89. The smallest absolute Gasteiger partial charge is 0.128 e. The van der Waals surface area contributed by atoms with Crippen molar-refractivity contribution < 1.29 is 0 Å². The fourth-order valence-electron chi connectivity index (χ4n) is 3.64. The quantitative estimate of drug-likeness (QED) is 0.889. The highest BCUT2D eigenvalue weighted by Crippen LogP contribution is 2.38. The van der Waals surface area contributed by atoms with Crippen molar-refractivity contribution in [2.24, 2.45) is 11.7 Å². The average Bonchev–Trinajstić information content (AvgIpc) is 2.88. The molecule has 98 valence electrons. The number of pyridine rings is 1. The SMILES string of the molecule is NCCc1ccc(N2CCCC3CCCC32)nc1. The van der Waals surface area contributed by atoms with Gasteiger partial charge in [-0.3, -0.25) is 0 Å². The van der Waals surface area contributed by atoms with Crippen LogP contribution in [0.3, 0.4) is 0 Å². The van der Waals surface area contributed by atoms with E-state index >= 15 is 0 Å². The molecule has 18 heavy (non-hydrogen) atoms. The molecule has 2 N–H and O–H groups in total. The van der Waals surface area contributed by atoms with E-state index in [1.54, 1.807) is 0 Å². The van der Waals surface area contributed by atoms with Crippen LogP contribution in [0, 0.1) is 5.92 Å². The van der Waals surface area contributed by atoms with Crippen LogP contribution in [-0.2, 0) is 6.42 Å². The zero-order valence-corrected chi connectivity index (χ0v) is 11.0. The van der Waals surface area contributed by atoms with Crippen LogP contribution in [0.15, 0.2) is 18.3 Å². The Balaban J connectivity index is 1.76. The normalized spacial score (nSPS) is 27.3. The van der Waals surface area contributed by atoms with Gasteiger partial charge in [0.15, 0.2) is 0 Å². The van der Waals surface area contributed by atoms with Crippen molar-refractivity contribution in [1.29, 1.82) is 0 Å².